The number of rotatable bonds is 2. The van der Waals surface area contributed by atoms with Crippen LogP contribution in [0.3, 0.4) is 0 Å². The van der Waals surface area contributed by atoms with Gasteiger partial charge in [-0.1, -0.05) is 0 Å². The van der Waals surface area contributed by atoms with E-state index in [9.17, 15) is 4.39 Å². The molecule has 9 heteroatoms. The van der Waals surface area contributed by atoms with Gasteiger partial charge in [0.2, 0.25) is 5.95 Å². The Morgan fingerprint density at radius 3 is 2.67 bits per heavy atom. The number of fused-ring (bicyclic) bond motifs is 2. The van der Waals surface area contributed by atoms with Crippen molar-refractivity contribution in [1.29, 1.82) is 0 Å². The molecule has 5 aromatic rings. The molecule has 0 amide bonds. The van der Waals surface area contributed by atoms with Crippen LogP contribution in [0.15, 0.2) is 47.3 Å². The number of halogens is 2. The van der Waals surface area contributed by atoms with Crippen LogP contribution in [0.4, 0.5) is 10.3 Å². The lowest BCUT2D eigenvalue weighted by atomic mass is 10.0. The molecule has 0 bridgehead atoms. The van der Waals surface area contributed by atoms with E-state index in [-0.39, 0.29) is 11.8 Å². The molecule has 7 nitrogen and oxygen atoms in total. The molecule has 0 saturated carbocycles. The van der Waals surface area contributed by atoms with Gasteiger partial charge in [0.1, 0.15) is 22.9 Å². The molecule has 0 radical (unpaired) electrons. The second kappa shape index (κ2) is 5.85. The Kier molecular flexibility index (Phi) is 3.44. The van der Waals surface area contributed by atoms with E-state index < -0.39 is 0 Å². The largest absolute Gasteiger partial charge is 0.366 e. The summed E-state index contributed by atoms with van der Waals surface area (Å²) in [5.41, 5.74) is 9.81. The molecule has 1 aromatic carbocycles. The average molecular weight is 424 g/mol. The van der Waals surface area contributed by atoms with E-state index in [2.05, 4.69) is 46.1 Å². The van der Waals surface area contributed by atoms with Crippen LogP contribution in [0.25, 0.3) is 44.5 Å². The summed E-state index contributed by atoms with van der Waals surface area (Å²) in [5, 5.41) is 9.75. The van der Waals surface area contributed by atoms with Gasteiger partial charge < -0.3 is 15.7 Å². The van der Waals surface area contributed by atoms with Gasteiger partial charge in [0.05, 0.1) is 0 Å². The molecule has 0 aliphatic carbocycles. The van der Waals surface area contributed by atoms with Gasteiger partial charge in [-0.25, -0.2) is 14.4 Å². The number of H-pyrrole nitrogens is 2. The lowest BCUT2D eigenvalue weighted by Crippen LogP contribution is -2.02. The highest BCUT2D eigenvalue weighted by molar-refractivity contribution is 9.10. The number of nitrogens with two attached hydrogens (primary N) is 1. The molecule has 0 aliphatic rings. The minimum absolute atomic E-state index is 0.0404. The van der Waals surface area contributed by atoms with Gasteiger partial charge in [-0.3, -0.25) is 0 Å². The van der Waals surface area contributed by atoms with Crippen LogP contribution in [0.1, 0.15) is 0 Å². The van der Waals surface area contributed by atoms with E-state index in [0.29, 0.717) is 28.0 Å². The number of nitrogens with zero attached hydrogens (tertiary/aromatic N) is 4. The van der Waals surface area contributed by atoms with Crippen LogP contribution in [0, 0.1) is 5.82 Å². The first kappa shape index (κ1) is 15.9. The van der Waals surface area contributed by atoms with Crippen molar-refractivity contribution in [3.8, 4) is 22.5 Å². The maximum atomic E-state index is 13.8. The highest BCUT2D eigenvalue weighted by atomic mass is 79.9. The Morgan fingerprint density at radius 2 is 1.78 bits per heavy atom. The van der Waals surface area contributed by atoms with Crippen molar-refractivity contribution in [1.82, 2.24) is 30.1 Å². The molecule has 4 N–H and O–H groups in total. The molecule has 4 heterocycles. The third-order valence-corrected chi connectivity index (χ3v) is 4.79. The number of pyridine rings is 1. The predicted octanol–water partition coefficient (Wildman–Crippen LogP) is 4.05. The third-order valence-electron chi connectivity index (χ3n) is 4.35. The van der Waals surface area contributed by atoms with Crippen molar-refractivity contribution in [2.75, 3.05) is 5.73 Å². The van der Waals surface area contributed by atoms with Crippen LogP contribution < -0.4 is 5.73 Å². The van der Waals surface area contributed by atoms with Gasteiger partial charge in [0.25, 0.3) is 0 Å². The van der Waals surface area contributed by atoms with E-state index in [4.69, 9.17) is 5.73 Å². The second-order valence-corrected chi connectivity index (χ2v) is 6.93. The van der Waals surface area contributed by atoms with Crippen LogP contribution >= 0.6 is 15.9 Å². The van der Waals surface area contributed by atoms with Crippen molar-refractivity contribution in [3.63, 3.8) is 0 Å². The maximum Gasteiger partial charge on any atom is 0.240 e. The van der Waals surface area contributed by atoms with Gasteiger partial charge >= 0.3 is 0 Å². The average Bonchev–Trinajstić information content (AvgIpc) is 3.25. The zero-order valence-electron chi connectivity index (χ0n) is 13.7. The summed E-state index contributed by atoms with van der Waals surface area (Å²) in [4.78, 5) is 15.0. The lowest BCUT2D eigenvalue weighted by Gasteiger charge is -2.07. The summed E-state index contributed by atoms with van der Waals surface area (Å²) in [5.74, 6) is -0.293. The molecule has 0 atom stereocenters. The van der Waals surface area contributed by atoms with Gasteiger partial charge in [-0.2, -0.15) is 0 Å². The molecule has 27 heavy (non-hydrogen) atoms. The third kappa shape index (κ3) is 2.55. The fourth-order valence-corrected chi connectivity index (χ4v) is 3.50. The number of aromatic amines is 2. The van der Waals surface area contributed by atoms with Crippen molar-refractivity contribution in [2.24, 2.45) is 0 Å². The number of nitrogens with one attached hydrogen (secondary N) is 2. The Labute approximate surface area is 160 Å². The predicted molar refractivity (Wildman–Crippen MR) is 104 cm³/mol. The van der Waals surface area contributed by atoms with Crippen LogP contribution in [-0.2, 0) is 0 Å². The molecule has 132 valence electrons. The topological polar surface area (TPSA) is 109 Å². The fraction of sp³-hybridized carbons (Fsp3) is 0. The number of nitrogen functional groups attached to an aromatic ring is 1. The van der Waals surface area contributed by atoms with Gasteiger partial charge in [-0.15, -0.1) is 10.2 Å². The van der Waals surface area contributed by atoms with Crippen LogP contribution in [0.5, 0.6) is 0 Å². The van der Waals surface area contributed by atoms with Crippen molar-refractivity contribution in [2.45, 2.75) is 0 Å². The second-order valence-electron chi connectivity index (χ2n) is 6.01. The van der Waals surface area contributed by atoms with Gasteiger partial charge in [0.15, 0.2) is 0 Å². The van der Waals surface area contributed by atoms with Crippen molar-refractivity contribution < 1.29 is 4.39 Å². The maximum absolute atomic E-state index is 13.8. The SMILES string of the molecule is Nc1nnc(-c2c[nH]c3ncc(Br)cc23)c(-c2c[nH]c3ccc(F)cc23)n1. The molecular weight excluding hydrogens is 413 g/mol. The standard InChI is InChI=1S/C18H11BrFN7/c19-8-3-11-13(7-24-17(11)23-5-8)16-15(25-18(21)27-26-16)12-6-22-14-2-1-9(20)4-10(12)14/h1-7,22H,(H,23,24)(H2,21,25,27). The minimum atomic E-state index is -0.333. The molecule has 0 spiro atoms. The lowest BCUT2D eigenvalue weighted by molar-refractivity contribution is 0.630. The number of anilines is 1. The zero-order valence-corrected chi connectivity index (χ0v) is 15.2. The summed E-state index contributed by atoms with van der Waals surface area (Å²) in [6, 6.07) is 6.47. The first-order valence-corrected chi connectivity index (χ1v) is 8.79. The Bertz CT molecular complexity index is 1320. The van der Waals surface area contributed by atoms with E-state index >= 15 is 0 Å². The highest BCUT2D eigenvalue weighted by Crippen LogP contribution is 2.37. The van der Waals surface area contributed by atoms with E-state index in [1.54, 1.807) is 24.7 Å². The molecular formula is C18H11BrFN7. The molecule has 5 rings (SSSR count). The fourth-order valence-electron chi connectivity index (χ4n) is 3.17. The quantitative estimate of drug-likeness (QED) is 0.396. The van der Waals surface area contributed by atoms with E-state index in [1.165, 1.54) is 12.1 Å². The van der Waals surface area contributed by atoms with E-state index in [0.717, 1.165) is 20.9 Å². The van der Waals surface area contributed by atoms with E-state index in [1.807, 2.05) is 6.07 Å². The summed E-state index contributed by atoms with van der Waals surface area (Å²) in [7, 11) is 0. The highest BCUT2D eigenvalue weighted by Gasteiger charge is 2.19. The number of aromatic nitrogens is 6. The molecule has 0 unspecified atom stereocenters. The monoisotopic (exact) mass is 423 g/mol. The summed E-state index contributed by atoms with van der Waals surface area (Å²) in [6.45, 7) is 0. The smallest absolute Gasteiger partial charge is 0.240 e. The first-order chi connectivity index (χ1) is 13.1. The summed E-state index contributed by atoms with van der Waals surface area (Å²) < 4.78 is 14.6. The molecule has 0 fully saturated rings. The van der Waals surface area contributed by atoms with Crippen LogP contribution in [0.2, 0.25) is 0 Å². The number of benzene rings is 1. The normalized spacial score (nSPS) is 11.5. The summed E-state index contributed by atoms with van der Waals surface area (Å²) >= 11 is 3.44. The Hall–Kier alpha value is -3.33. The number of hydrogen-bond acceptors (Lipinski definition) is 5. The molecule has 4 aromatic heterocycles. The zero-order chi connectivity index (χ0) is 18.5. The van der Waals surface area contributed by atoms with Gasteiger partial charge in [-0.05, 0) is 40.2 Å². The van der Waals surface area contributed by atoms with Crippen LogP contribution in [-0.4, -0.2) is 30.1 Å². The molecule has 0 aliphatic heterocycles. The minimum Gasteiger partial charge on any atom is -0.366 e. The van der Waals surface area contributed by atoms with Gasteiger partial charge in [0, 0.05) is 50.5 Å². The Balaban J connectivity index is 1.82. The number of hydrogen-bond donors (Lipinski definition) is 3. The first-order valence-electron chi connectivity index (χ1n) is 8.00. The summed E-state index contributed by atoms with van der Waals surface area (Å²) in [6.07, 6.45) is 5.27. The molecule has 0 saturated heterocycles. The Morgan fingerprint density at radius 1 is 0.963 bits per heavy atom. The van der Waals surface area contributed by atoms with Crippen molar-refractivity contribution >= 4 is 43.8 Å². The van der Waals surface area contributed by atoms with Crippen molar-refractivity contribution in [3.05, 3.63) is 53.1 Å².